The third-order valence-corrected chi connectivity index (χ3v) is 3.57. The minimum atomic E-state index is -0.0411. The Morgan fingerprint density at radius 2 is 2.36 bits per heavy atom. The summed E-state index contributed by atoms with van der Waals surface area (Å²) in [4.78, 5) is 14.1. The standard InChI is InChI=1S/C9H13BrN2OS/c1-11-9(13)12(2)6-5-7-3-4-8(10)14-7/h3-4H,5-6H2,1-2H3,(H,11,13). The lowest BCUT2D eigenvalue weighted by Crippen LogP contribution is -2.36. The lowest BCUT2D eigenvalue weighted by molar-refractivity contribution is 0.212. The van der Waals surface area contributed by atoms with E-state index in [4.69, 9.17) is 0 Å². The summed E-state index contributed by atoms with van der Waals surface area (Å²) in [6, 6.07) is 4.06. The molecule has 5 heteroatoms. The van der Waals surface area contributed by atoms with Crippen LogP contribution in [0.25, 0.3) is 0 Å². The number of nitrogens with one attached hydrogen (secondary N) is 1. The van der Waals surface area contributed by atoms with Gasteiger partial charge in [-0.05, 0) is 34.5 Å². The molecule has 2 amide bonds. The van der Waals surface area contributed by atoms with E-state index in [9.17, 15) is 4.79 Å². The fourth-order valence-electron chi connectivity index (χ4n) is 1.06. The highest BCUT2D eigenvalue weighted by molar-refractivity contribution is 9.11. The van der Waals surface area contributed by atoms with Gasteiger partial charge in [-0.15, -0.1) is 11.3 Å². The molecule has 0 saturated heterocycles. The Bertz CT molecular complexity index is 314. The maximum atomic E-state index is 11.1. The maximum Gasteiger partial charge on any atom is 0.316 e. The fraction of sp³-hybridized carbons (Fsp3) is 0.444. The summed E-state index contributed by atoms with van der Waals surface area (Å²) in [6.07, 6.45) is 0.903. The Morgan fingerprint density at radius 1 is 1.64 bits per heavy atom. The summed E-state index contributed by atoms with van der Waals surface area (Å²) in [5.41, 5.74) is 0. The lowest BCUT2D eigenvalue weighted by Gasteiger charge is -2.15. The Balaban J connectivity index is 2.37. The first-order valence-electron chi connectivity index (χ1n) is 4.30. The molecule has 78 valence electrons. The quantitative estimate of drug-likeness (QED) is 0.903. The van der Waals surface area contributed by atoms with E-state index in [0.717, 1.165) is 16.8 Å². The molecule has 0 aliphatic rings. The van der Waals surface area contributed by atoms with E-state index >= 15 is 0 Å². The van der Waals surface area contributed by atoms with Gasteiger partial charge in [-0.3, -0.25) is 0 Å². The monoisotopic (exact) mass is 276 g/mol. The molecule has 1 aromatic rings. The number of carbonyl (C=O) groups is 1. The number of halogens is 1. The highest BCUT2D eigenvalue weighted by Gasteiger charge is 2.06. The van der Waals surface area contributed by atoms with E-state index in [1.807, 2.05) is 6.07 Å². The number of hydrogen-bond donors (Lipinski definition) is 1. The van der Waals surface area contributed by atoms with E-state index in [0.29, 0.717) is 0 Å². The summed E-state index contributed by atoms with van der Waals surface area (Å²) in [5.74, 6) is 0. The minimum Gasteiger partial charge on any atom is -0.341 e. The Kier molecular flexibility index (Phi) is 4.41. The molecule has 1 rings (SSSR count). The number of urea groups is 1. The molecule has 0 aliphatic heterocycles. The number of rotatable bonds is 3. The van der Waals surface area contributed by atoms with Gasteiger partial charge in [-0.2, -0.15) is 0 Å². The number of amides is 2. The van der Waals surface area contributed by atoms with Crippen molar-refractivity contribution < 1.29 is 4.79 Å². The second-order valence-electron chi connectivity index (χ2n) is 2.93. The predicted molar refractivity (Wildman–Crippen MR) is 62.8 cm³/mol. The Labute approximate surface area is 96.2 Å². The topological polar surface area (TPSA) is 32.3 Å². The van der Waals surface area contributed by atoms with E-state index in [-0.39, 0.29) is 6.03 Å². The van der Waals surface area contributed by atoms with Gasteiger partial charge in [-0.25, -0.2) is 4.79 Å². The molecule has 0 fully saturated rings. The van der Waals surface area contributed by atoms with Crippen LogP contribution in [-0.2, 0) is 6.42 Å². The summed E-state index contributed by atoms with van der Waals surface area (Å²) < 4.78 is 1.13. The van der Waals surface area contributed by atoms with Crippen LogP contribution in [-0.4, -0.2) is 31.6 Å². The van der Waals surface area contributed by atoms with Gasteiger partial charge in [-0.1, -0.05) is 0 Å². The molecule has 0 aliphatic carbocycles. The molecule has 3 nitrogen and oxygen atoms in total. The van der Waals surface area contributed by atoms with Crippen molar-refractivity contribution >= 4 is 33.3 Å². The van der Waals surface area contributed by atoms with Crippen molar-refractivity contribution in [2.75, 3.05) is 20.6 Å². The molecule has 1 heterocycles. The third kappa shape index (κ3) is 3.31. The van der Waals surface area contributed by atoms with Crippen molar-refractivity contribution in [1.82, 2.24) is 10.2 Å². The van der Waals surface area contributed by atoms with Crippen LogP contribution in [0.15, 0.2) is 15.9 Å². The average molecular weight is 277 g/mol. The third-order valence-electron chi connectivity index (χ3n) is 1.88. The summed E-state index contributed by atoms with van der Waals surface area (Å²) in [5, 5.41) is 2.59. The van der Waals surface area contributed by atoms with E-state index in [1.165, 1.54) is 4.88 Å². The number of thiophene rings is 1. The Morgan fingerprint density at radius 3 is 2.86 bits per heavy atom. The second kappa shape index (κ2) is 5.36. The molecule has 0 aromatic carbocycles. The molecule has 1 N–H and O–H groups in total. The summed E-state index contributed by atoms with van der Waals surface area (Å²) in [7, 11) is 3.43. The number of hydrogen-bond acceptors (Lipinski definition) is 2. The lowest BCUT2D eigenvalue weighted by atomic mass is 10.3. The van der Waals surface area contributed by atoms with Crippen LogP contribution >= 0.6 is 27.3 Å². The first-order valence-corrected chi connectivity index (χ1v) is 5.91. The number of nitrogens with zero attached hydrogens (tertiary/aromatic N) is 1. The van der Waals surface area contributed by atoms with Crippen molar-refractivity contribution in [2.45, 2.75) is 6.42 Å². The summed E-state index contributed by atoms with van der Waals surface area (Å²) in [6.45, 7) is 0.743. The van der Waals surface area contributed by atoms with Gasteiger partial charge in [0.25, 0.3) is 0 Å². The van der Waals surface area contributed by atoms with Crippen LogP contribution in [0.4, 0.5) is 4.79 Å². The van der Waals surface area contributed by atoms with Crippen LogP contribution in [0.2, 0.25) is 0 Å². The first-order chi connectivity index (χ1) is 6.63. The molecule has 0 atom stereocenters. The van der Waals surface area contributed by atoms with Crippen LogP contribution in [0, 0.1) is 0 Å². The maximum absolute atomic E-state index is 11.1. The average Bonchev–Trinajstić information content (AvgIpc) is 2.59. The van der Waals surface area contributed by atoms with Gasteiger partial charge in [0.05, 0.1) is 3.79 Å². The van der Waals surface area contributed by atoms with Gasteiger partial charge >= 0.3 is 6.03 Å². The van der Waals surface area contributed by atoms with Crippen LogP contribution in [0.3, 0.4) is 0 Å². The molecular weight excluding hydrogens is 264 g/mol. The number of likely N-dealkylation sites (N-methyl/N-ethyl adjacent to an activating group) is 1. The van der Waals surface area contributed by atoms with Crippen LogP contribution < -0.4 is 5.32 Å². The largest absolute Gasteiger partial charge is 0.341 e. The highest BCUT2D eigenvalue weighted by Crippen LogP contribution is 2.22. The van der Waals surface area contributed by atoms with Gasteiger partial charge < -0.3 is 10.2 Å². The highest BCUT2D eigenvalue weighted by atomic mass is 79.9. The van der Waals surface area contributed by atoms with Gasteiger partial charge in [0, 0.05) is 25.5 Å². The molecule has 1 aromatic heterocycles. The smallest absolute Gasteiger partial charge is 0.316 e. The normalized spacial score (nSPS) is 9.93. The SMILES string of the molecule is CNC(=O)N(C)CCc1ccc(Br)s1. The molecule has 0 spiro atoms. The first kappa shape index (κ1) is 11.5. The minimum absolute atomic E-state index is 0.0411. The van der Waals surface area contributed by atoms with Crippen molar-refractivity contribution in [3.63, 3.8) is 0 Å². The number of carbonyl (C=O) groups excluding carboxylic acids is 1. The van der Waals surface area contributed by atoms with Crippen LogP contribution in [0.1, 0.15) is 4.88 Å². The van der Waals surface area contributed by atoms with Gasteiger partial charge in [0.15, 0.2) is 0 Å². The van der Waals surface area contributed by atoms with Crippen molar-refractivity contribution in [3.05, 3.63) is 20.8 Å². The van der Waals surface area contributed by atoms with Crippen molar-refractivity contribution in [1.29, 1.82) is 0 Å². The zero-order valence-electron chi connectivity index (χ0n) is 8.21. The van der Waals surface area contributed by atoms with Crippen LogP contribution in [0.5, 0.6) is 0 Å². The fourth-order valence-corrected chi connectivity index (χ4v) is 2.53. The summed E-state index contributed by atoms with van der Waals surface area (Å²) >= 11 is 5.11. The zero-order chi connectivity index (χ0) is 10.6. The van der Waals surface area contributed by atoms with E-state index < -0.39 is 0 Å². The molecular formula is C9H13BrN2OS. The molecule has 14 heavy (non-hydrogen) atoms. The van der Waals surface area contributed by atoms with Crippen molar-refractivity contribution in [3.8, 4) is 0 Å². The van der Waals surface area contributed by atoms with Gasteiger partial charge in [0.1, 0.15) is 0 Å². The van der Waals surface area contributed by atoms with E-state index in [1.54, 1.807) is 30.3 Å². The van der Waals surface area contributed by atoms with Gasteiger partial charge in [0.2, 0.25) is 0 Å². The van der Waals surface area contributed by atoms with E-state index in [2.05, 4.69) is 27.3 Å². The molecule has 0 unspecified atom stereocenters. The molecule has 0 saturated carbocycles. The predicted octanol–water partition coefficient (Wildman–Crippen LogP) is 2.32. The zero-order valence-corrected chi connectivity index (χ0v) is 10.6. The molecule has 0 radical (unpaired) electrons. The second-order valence-corrected chi connectivity index (χ2v) is 5.48. The molecule has 0 bridgehead atoms. The van der Waals surface area contributed by atoms with Crippen molar-refractivity contribution in [2.24, 2.45) is 0 Å². The Hall–Kier alpha value is -0.550.